The highest BCUT2D eigenvalue weighted by Gasteiger charge is 2.57. The summed E-state index contributed by atoms with van der Waals surface area (Å²) in [6.45, 7) is 5.13. The molecule has 3 heterocycles. The van der Waals surface area contributed by atoms with Crippen molar-refractivity contribution in [3.63, 3.8) is 0 Å². The predicted molar refractivity (Wildman–Crippen MR) is 96.2 cm³/mol. The van der Waals surface area contributed by atoms with Crippen molar-refractivity contribution in [1.29, 1.82) is 0 Å². The molecule has 2 amide bonds. The highest BCUT2D eigenvalue weighted by molar-refractivity contribution is 7.12. The van der Waals surface area contributed by atoms with Crippen LogP contribution in [0.2, 0.25) is 0 Å². The zero-order valence-corrected chi connectivity index (χ0v) is 15.3. The average Bonchev–Trinajstić information content (AvgIpc) is 3.21. The summed E-state index contributed by atoms with van der Waals surface area (Å²) < 4.78 is 5.15. The minimum atomic E-state index is -0.794. The van der Waals surface area contributed by atoms with Crippen molar-refractivity contribution in [3.8, 4) is 0 Å². The molecule has 0 radical (unpaired) electrons. The van der Waals surface area contributed by atoms with Gasteiger partial charge in [-0.15, -0.1) is 11.3 Å². The van der Waals surface area contributed by atoms with E-state index in [0.717, 1.165) is 0 Å². The molecule has 0 bridgehead atoms. The van der Waals surface area contributed by atoms with Gasteiger partial charge in [-0.05, 0) is 35.9 Å². The molecular formula is C18H20N2O5S. The molecule has 2 N–H and O–H groups in total. The molecule has 3 rings (SSSR count). The van der Waals surface area contributed by atoms with Crippen molar-refractivity contribution in [2.75, 3.05) is 13.7 Å². The van der Waals surface area contributed by atoms with E-state index in [2.05, 4.69) is 11.9 Å². The summed E-state index contributed by atoms with van der Waals surface area (Å²) in [5.74, 6) is -1.64. The Bertz CT molecular complexity index is 810. The molecule has 26 heavy (non-hydrogen) atoms. The van der Waals surface area contributed by atoms with Gasteiger partial charge in [0.1, 0.15) is 12.3 Å². The first-order chi connectivity index (χ1) is 12.4. The standard InChI is InChI=1S/C18H20N2O5S/c1-4-5-25-18(24)15-11(10-6-13(26-8-10)16(22)19-3)7-12-14(9(2)21)17(23)20(12)15/h4,6,8-9,12,14,21H,1,5,7H2,2-3H3,(H,19,22). The number of nitrogens with one attached hydrogen (secondary N) is 1. The number of aliphatic hydroxyl groups is 1. The van der Waals surface area contributed by atoms with Crippen LogP contribution >= 0.6 is 11.3 Å². The summed E-state index contributed by atoms with van der Waals surface area (Å²) in [5.41, 5.74) is 1.57. The SMILES string of the molecule is C=CCOC(=O)C1=C(c2csc(C(=O)NC)c2)CC2C(C(C)O)C(=O)N12. The number of carbonyl (C=O) groups excluding carboxylic acids is 3. The van der Waals surface area contributed by atoms with E-state index in [9.17, 15) is 19.5 Å². The molecule has 1 aromatic rings. The quantitative estimate of drug-likeness (QED) is 0.441. The number of nitrogens with zero attached hydrogens (tertiary/aromatic N) is 1. The number of thiophene rings is 1. The lowest BCUT2D eigenvalue weighted by molar-refractivity contribution is -0.162. The summed E-state index contributed by atoms with van der Waals surface area (Å²) in [4.78, 5) is 38.7. The molecule has 0 spiro atoms. The van der Waals surface area contributed by atoms with Crippen molar-refractivity contribution in [2.24, 2.45) is 5.92 Å². The minimum absolute atomic E-state index is 0.0370. The largest absolute Gasteiger partial charge is 0.457 e. The second-order valence-corrected chi connectivity index (χ2v) is 7.15. The Morgan fingerprint density at radius 2 is 2.31 bits per heavy atom. The summed E-state index contributed by atoms with van der Waals surface area (Å²) in [6.07, 6.45) is 1.09. The van der Waals surface area contributed by atoms with Gasteiger partial charge in [0, 0.05) is 7.05 Å². The number of hydrogen-bond donors (Lipinski definition) is 2. The highest BCUT2D eigenvalue weighted by Crippen LogP contribution is 2.47. The average molecular weight is 376 g/mol. The van der Waals surface area contributed by atoms with E-state index in [0.29, 0.717) is 22.4 Å². The van der Waals surface area contributed by atoms with Gasteiger partial charge in [0.25, 0.3) is 5.91 Å². The zero-order valence-electron chi connectivity index (χ0n) is 14.5. The van der Waals surface area contributed by atoms with Gasteiger partial charge >= 0.3 is 5.97 Å². The van der Waals surface area contributed by atoms with Crippen LogP contribution in [0.4, 0.5) is 0 Å². The second kappa shape index (κ2) is 7.05. The van der Waals surface area contributed by atoms with Crippen LogP contribution in [0.15, 0.2) is 29.8 Å². The van der Waals surface area contributed by atoms with E-state index in [1.807, 2.05) is 0 Å². The fourth-order valence-electron chi connectivity index (χ4n) is 3.46. The number of β-lactam (4-membered cyclic amide) rings is 1. The third kappa shape index (κ3) is 2.85. The van der Waals surface area contributed by atoms with Gasteiger partial charge in [-0.1, -0.05) is 12.7 Å². The van der Waals surface area contributed by atoms with E-state index >= 15 is 0 Å². The first-order valence-electron chi connectivity index (χ1n) is 8.24. The van der Waals surface area contributed by atoms with Crippen LogP contribution < -0.4 is 5.32 Å². The maximum Gasteiger partial charge on any atom is 0.355 e. The maximum atomic E-state index is 12.5. The molecular weight excluding hydrogens is 356 g/mol. The Morgan fingerprint density at radius 3 is 2.92 bits per heavy atom. The van der Waals surface area contributed by atoms with Crippen molar-refractivity contribution in [2.45, 2.75) is 25.5 Å². The number of amides is 2. The fraction of sp³-hybridized carbons (Fsp3) is 0.389. The number of rotatable bonds is 6. The predicted octanol–water partition coefficient (Wildman–Crippen LogP) is 1.16. The summed E-state index contributed by atoms with van der Waals surface area (Å²) in [6, 6.07) is 1.43. The maximum absolute atomic E-state index is 12.5. The zero-order chi connectivity index (χ0) is 19.0. The number of hydrogen-bond acceptors (Lipinski definition) is 6. The van der Waals surface area contributed by atoms with Crippen LogP contribution in [0.1, 0.15) is 28.6 Å². The molecule has 2 aliphatic heterocycles. The van der Waals surface area contributed by atoms with Crippen molar-refractivity contribution in [3.05, 3.63) is 40.2 Å². The number of esters is 1. The first-order valence-corrected chi connectivity index (χ1v) is 9.12. The molecule has 7 nitrogen and oxygen atoms in total. The monoisotopic (exact) mass is 376 g/mol. The Labute approximate surface area is 154 Å². The summed E-state index contributed by atoms with van der Waals surface area (Å²) in [5, 5.41) is 14.2. The van der Waals surface area contributed by atoms with Gasteiger partial charge < -0.3 is 20.1 Å². The second-order valence-electron chi connectivity index (χ2n) is 6.24. The number of ether oxygens (including phenoxy) is 1. The minimum Gasteiger partial charge on any atom is -0.457 e. The molecule has 0 aromatic carbocycles. The van der Waals surface area contributed by atoms with Crippen molar-refractivity contribution >= 4 is 34.7 Å². The number of aliphatic hydroxyl groups excluding tert-OH is 1. The Kier molecular flexibility index (Phi) is 4.97. The van der Waals surface area contributed by atoms with Crippen LogP contribution in [0.3, 0.4) is 0 Å². The molecule has 3 atom stereocenters. The molecule has 0 aliphatic carbocycles. The van der Waals surface area contributed by atoms with Crippen molar-refractivity contribution in [1.82, 2.24) is 10.2 Å². The van der Waals surface area contributed by atoms with Gasteiger partial charge in [0.05, 0.1) is 22.9 Å². The highest BCUT2D eigenvalue weighted by atomic mass is 32.1. The molecule has 1 saturated heterocycles. The van der Waals surface area contributed by atoms with E-state index in [4.69, 9.17) is 4.74 Å². The molecule has 3 unspecified atom stereocenters. The van der Waals surface area contributed by atoms with E-state index in [-0.39, 0.29) is 30.2 Å². The number of fused-ring (bicyclic) bond motifs is 1. The smallest absolute Gasteiger partial charge is 0.355 e. The molecule has 0 saturated carbocycles. The third-order valence-electron chi connectivity index (χ3n) is 4.65. The molecule has 138 valence electrons. The summed E-state index contributed by atoms with van der Waals surface area (Å²) >= 11 is 1.26. The van der Waals surface area contributed by atoms with E-state index < -0.39 is 18.0 Å². The van der Waals surface area contributed by atoms with Gasteiger partial charge in [0.2, 0.25) is 5.91 Å². The number of carbonyl (C=O) groups is 3. The molecule has 1 fully saturated rings. The lowest BCUT2D eigenvalue weighted by Gasteiger charge is -2.44. The molecule has 8 heteroatoms. The molecule has 2 aliphatic rings. The topological polar surface area (TPSA) is 95.9 Å². The lowest BCUT2D eigenvalue weighted by atomic mass is 9.82. The Morgan fingerprint density at radius 1 is 1.58 bits per heavy atom. The Hall–Kier alpha value is -2.45. The van der Waals surface area contributed by atoms with Gasteiger partial charge in [0.15, 0.2) is 0 Å². The summed E-state index contributed by atoms with van der Waals surface area (Å²) in [7, 11) is 1.55. The van der Waals surface area contributed by atoms with Crippen LogP contribution in [0.5, 0.6) is 0 Å². The van der Waals surface area contributed by atoms with Crippen LogP contribution in [-0.4, -0.2) is 53.6 Å². The normalized spacial score (nSPS) is 22.6. The van der Waals surface area contributed by atoms with E-state index in [1.54, 1.807) is 25.4 Å². The van der Waals surface area contributed by atoms with Gasteiger partial charge in [-0.25, -0.2) is 4.79 Å². The van der Waals surface area contributed by atoms with E-state index in [1.165, 1.54) is 22.3 Å². The molecule has 1 aromatic heterocycles. The van der Waals surface area contributed by atoms with Crippen LogP contribution in [-0.2, 0) is 14.3 Å². The fourth-order valence-corrected chi connectivity index (χ4v) is 4.32. The third-order valence-corrected chi connectivity index (χ3v) is 5.58. The van der Waals surface area contributed by atoms with Crippen LogP contribution in [0.25, 0.3) is 5.57 Å². The lowest BCUT2D eigenvalue weighted by Crippen LogP contribution is -2.61. The Balaban J connectivity index is 1.98. The van der Waals surface area contributed by atoms with Crippen molar-refractivity contribution < 1.29 is 24.2 Å². The van der Waals surface area contributed by atoms with Gasteiger partial charge in [-0.2, -0.15) is 0 Å². The van der Waals surface area contributed by atoms with Gasteiger partial charge in [-0.3, -0.25) is 9.59 Å². The van der Waals surface area contributed by atoms with Crippen LogP contribution in [0, 0.1) is 5.92 Å². The first kappa shape index (κ1) is 18.3.